The SMILES string of the molecule is Cc1csc(C(Cc2sccc2Br)NN)c1Cl. The molecular formula is C11H12BrClN2S2. The second-order valence-corrected chi connectivity index (χ2v) is 6.86. The normalized spacial score (nSPS) is 12.9. The molecule has 2 heterocycles. The van der Waals surface area contributed by atoms with E-state index in [2.05, 4.69) is 38.2 Å². The van der Waals surface area contributed by atoms with Crippen LogP contribution in [0.2, 0.25) is 5.02 Å². The van der Waals surface area contributed by atoms with Crippen molar-refractivity contribution in [2.75, 3.05) is 0 Å². The van der Waals surface area contributed by atoms with Crippen molar-refractivity contribution in [3.8, 4) is 0 Å². The van der Waals surface area contributed by atoms with Gasteiger partial charge in [-0.05, 0) is 45.2 Å². The van der Waals surface area contributed by atoms with Crippen molar-refractivity contribution in [3.63, 3.8) is 0 Å². The minimum absolute atomic E-state index is 0.0659. The third-order valence-electron chi connectivity index (χ3n) is 2.52. The molecular weight excluding hydrogens is 340 g/mol. The van der Waals surface area contributed by atoms with Crippen LogP contribution in [0.5, 0.6) is 0 Å². The number of hydrogen-bond donors (Lipinski definition) is 2. The summed E-state index contributed by atoms with van der Waals surface area (Å²) >= 11 is 13.2. The number of thiophene rings is 2. The van der Waals surface area contributed by atoms with Gasteiger partial charge in [-0.15, -0.1) is 22.7 Å². The van der Waals surface area contributed by atoms with E-state index < -0.39 is 0 Å². The Labute approximate surface area is 122 Å². The molecule has 0 aromatic carbocycles. The Morgan fingerprint density at radius 1 is 1.53 bits per heavy atom. The average Bonchev–Trinajstić information content (AvgIpc) is 2.85. The first-order valence-electron chi connectivity index (χ1n) is 5.05. The maximum absolute atomic E-state index is 6.27. The number of hydrogen-bond acceptors (Lipinski definition) is 4. The molecule has 0 bridgehead atoms. The smallest absolute Gasteiger partial charge is 0.0616 e. The van der Waals surface area contributed by atoms with Crippen molar-refractivity contribution in [1.82, 2.24) is 5.43 Å². The third-order valence-corrected chi connectivity index (χ3v) is 6.30. The number of nitrogens with one attached hydrogen (secondary N) is 1. The molecule has 0 spiro atoms. The second-order valence-electron chi connectivity index (χ2n) is 3.71. The number of aryl methyl sites for hydroxylation is 1. The summed E-state index contributed by atoms with van der Waals surface area (Å²) in [4.78, 5) is 2.38. The van der Waals surface area contributed by atoms with Crippen molar-refractivity contribution < 1.29 is 0 Å². The number of rotatable bonds is 4. The first-order chi connectivity index (χ1) is 8.13. The quantitative estimate of drug-likeness (QED) is 0.637. The fourth-order valence-corrected chi connectivity index (χ4v) is 4.52. The van der Waals surface area contributed by atoms with Crippen molar-refractivity contribution in [3.05, 3.63) is 41.6 Å². The first kappa shape index (κ1) is 13.5. The summed E-state index contributed by atoms with van der Waals surface area (Å²) in [6, 6.07) is 2.12. The third kappa shape index (κ3) is 2.92. The molecule has 92 valence electrons. The lowest BCUT2D eigenvalue weighted by molar-refractivity contribution is 0.563. The van der Waals surface area contributed by atoms with Gasteiger partial charge in [-0.3, -0.25) is 11.3 Å². The van der Waals surface area contributed by atoms with E-state index in [1.165, 1.54) is 4.88 Å². The van der Waals surface area contributed by atoms with Crippen molar-refractivity contribution >= 4 is 50.2 Å². The van der Waals surface area contributed by atoms with Crippen LogP contribution in [0.25, 0.3) is 0 Å². The van der Waals surface area contributed by atoms with E-state index in [1.54, 1.807) is 22.7 Å². The van der Waals surface area contributed by atoms with Gasteiger partial charge in [0.05, 0.1) is 11.1 Å². The molecule has 0 radical (unpaired) electrons. The fourth-order valence-electron chi connectivity index (χ4n) is 1.57. The standard InChI is InChI=1S/C11H12BrClN2S2/c1-6-5-17-11(10(6)13)8(15-14)4-9-7(12)2-3-16-9/h2-3,5,8,15H,4,14H2,1H3. The van der Waals surface area contributed by atoms with E-state index in [4.69, 9.17) is 17.4 Å². The Kier molecular flexibility index (Phi) is 4.63. The molecule has 1 atom stereocenters. The Morgan fingerprint density at radius 3 is 2.76 bits per heavy atom. The molecule has 0 fully saturated rings. The van der Waals surface area contributed by atoms with E-state index in [0.29, 0.717) is 0 Å². The van der Waals surface area contributed by atoms with E-state index in [9.17, 15) is 0 Å². The van der Waals surface area contributed by atoms with Crippen LogP contribution in [-0.4, -0.2) is 0 Å². The summed E-state index contributed by atoms with van der Waals surface area (Å²) in [5.41, 5.74) is 3.96. The summed E-state index contributed by atoms with van der Waals surface area (Å²) in [6.45, 7) is 2.01. The Bertz CT molecular complexity index is 509. The molecule has 3 N–H and O–H groups in total. The number of nitrogens with two attached hydrogens (primary N) is 1. The van der Waals surface area contributed by atoms with Crippen LogP contribution in [0.4, 0.5) is 0 Å². The van der Waals surface area contributed by atoms with Crippen LogP contribution in [0.15, 0.2) is 21.3 Å². The number of halogens is 2. The zero-order chi connectivity index (χ0) is 12.4. The summed E-state index contributed by atoms with van der Waals surface area (Å²) in [7, 11) is 0. The van der Waals surface area contributed by atoms with E-state index in [0.717, 1.165) is 26.4 Å². The van der Waals surface area contributed by atoms with Gasteiger partial charge < -0.3 is 0 Å². The summed E-state index contributed by atoms with van der Waals surface area (Å²) in [5.74, 6) is 5.64. The maximum atomic E-state index is 6.27. The Balaban J connectivity index is 2.23. The van der Waals surface area contributed by atoms with Gasteiger partial charge >= 0.3 is 0 Å². The first-order valence-corrected chi connectivity index (χ1v) is 7.98. The van der Waals surface area contributed by atoms with Crippen LogP contribution < -0.4 is 11.3 Å². The van der Waals surface area contributed by atoms with Gasteiger partial charge in [0, 0.05) is 20.6 Å². The minimum Gasteiger partial charge on any atom is -0.271 e. The van der Waals surface area contributed by atoms with Gasteiger partial charge in [0.1, 0.15) is 0 Å². The van der Waals surface area contributed by atoms with E-state index >= 15 is 0 Å². The molecule has 0 aliphatic rings. The molecule has 17 heavy (non-hydrogen) atoms. The van der Waals surface area contributed by atoms with Crippen LogP contribution in [-0.2, 0) is 6.42 Å². The highest BCUT2D eigenvalue weighted by atomic mass is 79.9. The van der Waals surface area contributed by atoms with Gasteiger partial charge in [-0.25, -0.2) is 0 Å². The van der Waals surface area contributed by atoms with Crippen molar-refractivity contribution in [1.29, 1.82) is 0 Å². The molecule has 2 rings (SSSR count). The highest BCUT2D eigenvalue weighted by molar-refractivity contribution is 9.10. The van der Waals surface area contributed by atoms with Gasteiger partial charge in [0.2, 0.25) is 0 Å². The second kappa shape index (κ2) is 5.82. The predicted octanol–water partition coefficient (Wildman–Crippen LogP) is 4.28. The highest BCUT2D eigenvalue weighted by Crippen LogP contribution is 2.35. The topological polar surface area (TPSA) is 38.0 Å². The highest BCUT2D eigenvalue weighted by Gasteiger charge is 2.18. The lowest BCUT2D eigenvalue weighted by atomic mass is 10.1. The largest absolute Gasteiger partial charge is 0.271 e. The monoisotopic (exact) mass is 350 g/mol. The van der Waals surface area contributed by atoms with Crippen molar-refractivity contribution in [2.45, 2.75) is 19.4 Å². The predicted molar refractivity (Wildman–Crippen MR) is 79.9 cm³/mol. The van der Waals surface area contributed by atoms with Crippen LogP contribution >= 0.6 is 50.2 Å². The molecule has 0 saturated carbocycles. The van der Waals surface area contributed by atoms with E-state index in [1.807, 2.05) is 6.92 Å². The van der Waals surface area contributed by atoms with Crippen molar-refractivity contribution in [2.24, 2.45) is 5.84 Å². The minimum atomic E-state index is 0.0659. The summed E-state index contributed by atoms with van der Waals surface area (Å²) in [6.07, 6.45) is 0.842. The molecule has 0 aliphatic carbocycles. The molecule has 6 heteroatoms. The Morgan fingerprint density at radius 2 is 2.29 bits per heavy atom. The zero-order valence-corrected chi connectivity index (χ0v) is 13.1. The van der Waals surface area contributed by atoms with Gasteiger partial charge in [0.15, 0.2) is 0 Å². The van der Waals surface area contributed by atoms with Crippen LogP contribution in [0.1, 0.15) is 21.4 Å². The molecule has 0 amide bonds. The van der Waals surface area contributed by atoms with Crippen LogP contribution in [0, 0.1) is 6.92 Å². The molecule has 2 aromatic rings. The van der Waals surface area contributed by atoms with Gasteiger partial charge in [-0.2, -0.15) is 0 Å². The fraction of sp³-hybridized carbons (Fsp3) is 0.273. The molecule has 0 saturated heterocycles. The van der Waals surface area contributed by atoms with Gasteiger partial charge in [0.25, 0.3) is 0 Å². The molecule has 0 aliphatic heterocycles. The Hall–Kier alpha value is 0.0900. The maximum Gasteiger partial charge on any atom is 0.0616 e. The summed E-state index contributed by atoms with van der Waals surface area (Å²) in [5, 5.41) is 4.95. The molecule has 2 nitrogen and oxygen atoms in total. The number of hydrazine groups is 1. The lowest BCUT2D eigenvalue weighted by Gasteiger charge is -2.14. The molecule has 2 aromatic heterocycles. The summed E-state index contributed by atoms with van der Waals surface area (Å²) < 4.78 is 1.13. The van der Waals surface area contributed by atoms with E-state index in [-0.39, 0.29) is 6.04 Å². The lowest BCUT2D eigenvalue weighted by Crippen LogP contribution is -2.29. The average molecular weight is 352 g/mol. The molecule has 1 unspecified atom stereocenters. The zero-order valence-electron chi connectivity index (χ0n) is 9.17. The van der Waals surface area contributed by atoms with Crippen LogP contribution in [0.3, 0.4) is 0 Å². The van der Waals surface area contributed by atoms with Gasteiger partial charge in [-0.1, -0.05) is 11.6 Å².